The van der Waals surface area contributed by atoms with Crippen molar-refractivity contribution < 1.29 is 68.4 Å². The van der Waals surface area contributed by atoms with Crippen LogP contribution >= 0.6 is 0 Å². The lowest BCUT2D eigenvalue weighted by molar-refractivity contribution is -0.143. The van der Waals surface area contributed by atoms with E-state index in [2.05, 4.69) is 41.9 Å². The second kappa shape index (κ2) is 29.4. The minimum absolute atomic E-state index is 0.0354. The van der Waals surface area contributed by atoms with E-state index < -0.39 is 140 Å². The van der Waals surface area contributed by atoms with E-state index in [1.807, 2.05) is 0 Å². The number of nitrogens with one attached hydrogen (secondary N) is 6. The maximum Gasteiger partial charge on any atom is 0.326 e. The molecule has 0 radical (unpaired) electrons. The Labute approximate surface area is 361 Å². The monoisotopic (exact) mass is 902 g/mol. The number of rotatable bonds is 32. The Bertz CT molecular complexity index is 1670. The number of hydrogen-bond donors (Lipinski definition) is 16. The number of aliphatic hydroxyl groups is 1. The maximum absolute atomic E-state index is 13.7. The molecule has 0 bridgehead atoms. The zero-order valence-electron chi connectivity index (χ0n) is 35.0. The molecular formula is C35H62N14O14. The lowest BCUT2D eigenvalue weighted by Crippen LogP contribution is -2.60. The maximum atomic E-state index is 13.7. The van der Waals surface area contributed by atoms with Crippen LogP contribution in [-0.4, -0.2) is 154 Å². The van der Waals surface area contributed by atoms with Crippen LogP contribution < -0.4 is 66.3 Å². The minimum Gasteiger partial charge on any atom is -0.481 e. The van der Waals surface area contributed by atoms with E-state index in [0.717, 1.165) is 0 Å². The first kappa shape index (κ1) is 56.2. The first-order valence-electron chi connectivity index (χ1n) is 19.6. The number of primary amides is 1. The molecule has 0 aromatic carbocycles. The number of hydrogen-bond acceptors (Lipinski definition) is 14. The molecule has 63 heavy (non-hydrogen) atoms. The number of carbonyl (C=O) groups excluding carboxylic acids is 7. The van der Waals surface area contributed by atoms with Crippen LogP contribution in [0, 0.1) is 5.92 Å². The third kappa shape index (κ3) is 24.9. The van der Waals surface area contributed by atoms with E-state index >= 15 is 0 Å². The molecule has 7 amide bonds. The van der Waals surface area contributed by atoms with Gasteiger partial charge in [-0.3, -0.25) is 53.1 Å². The second-order valence-electron chi connectivity index (χ2n) is 14.6. The molecule has 0 saturated heterocycles. The molecule has 0 spiro atoms. The van der Waals surface area contributed by atoms with Crippen molar-refractivity contribution in [2.75, 3.05) is 19.7 Å². The molecule has 0 heterocycles. The summed E-state index contributed by atoms with van der Waals surface area (Å²) in [5.41, 5.74) is 32.1. The fraction of sp³-hybridized carbons (Fsp3) is 0.657. The van der Waals surface area contributed by atoms with Gasteiger partial charge in [0.1, 0.15) is 36.3 Å². The van der Waals surface area contributed by atoms with Crippen molar-refractivity contribution in [1.82, 2.24) is 31.9 Å². The summed E-state index contributed by atoms with van der Waals surface area (Å²) in [7, 11) is 0. The highest BCUT2D eigenvalue weighted by Crippen LogP contribution is 2.10. The molecule has 0 aliphatic carbocycles. The van der Waals surface area contributed by atoms with E-state index in [-0.39, 0.29) is 63.0 Å². The van der Waals surface area contributed by atoms with E-state index in [4.69, 9.17) is 34.4 Å². The lowest BCUT2D eigenvalue weighted by Gasteiger charge is -2.27. The quantitative estimate of drug-likeness (QED) is 0.0169. The highest BCUT2D eigenvalue weighted by Gasteiger charge is 2.35. The number of amides is 7. The second-order valence-corrected chi connectivity index (χ2v) is 14.6. The van der Waals surface area contributed by atoms with Crippen molar-refractivity contribution in [1.29, 1.82) is 0 Å². The predicted molar refractivity (Wildman–Crippen MR) is 221 cm³/mol. The number of aliphatic carboxylic acids is 3. The summed E-state index contributed by atoms with van der Waals surface area (Å²) in [4.78, 5) is 134. The summed E-state index contributed by atoms with van der Waals surface area (Å²) in [5.74, 6) is -12.8. The average Bonchev–Trinajstić information content (AvgIpc) is 3.17. The number of aliphatic imine (C=N–C) groups is 2. The minimum atomic E-state index is -1.98. The fourth-order valence-electron chi connectivity index (χ4n) is 5.42. The first-order chi connectivity index (χ1) is 29.4. The van der Waals surface area contributed by atoms with Crippen LogP contribution in [0.4, 0.5) is 0 Å². The van der Waals surface area contributed by atoms with Crippen LogP contribution in [0.1, 0.15) is 78.1 Å². The SMILES string of the molecule is CC(C)C[C@H](NC(=O)[C@H](CCC(=O)O)NC(=O)[C@H](CC(=O)O)NC(=O)[C@H](CO)NC(=O)[C@@H](N)CCCN=C(N)N)C(=O)N[C@@H](CCC(N)=O)C(=O)N[C@@H](CCCN=C(N)N)C(=O)O. The van der Waals surface area contributed by atoms with Gasteiger partial charge in [-0.05, 0) is 50.9 Å². The highest BCUT2D eigenvalue weighted by atomic mass is 16.4. The topological polar surface area (TPSA) is 505 Å². The summed E-state index contributed by atoms with van der Waals surface area (Å²) < 4.78 is 0. The van der Waals surface area contributed by atoms with E-state index in [9.17, 15) is 68.4 Å². The molecule has 22 N–H and O–H groups in total. The Balaban J connectivity index is 6.32. The summed E-state index contributed by atoms with van der Waals surface area (Å²) in [5, 5.41) is 51.8. The van der Waals surface area contributed by atoms with Gasteiger partial charge < -0.3 is 86.7 Å². The molecule has 0 fully saturated rings. The van der Waals surface area contributed by atoms with Crippen LogP contribution in [0.25, 0.3) is 0 Å². The number of nitrogens with zero attached hydrogens (tertiary/aromatic N) is 2. The third-order valence-electron chi connectivity index (χ3n) is 8.62. The lowest BCUT2D eigenvalue weighted by atomic mass is 10.0. The van der Waals surface area contributed by atoms with E-state index in [0.29, 0.717) is 0 Å². The molecule has 356 valence electrons. The summed E-state index contributed by atoms with van der Waals surface area (Å²) >= 11 is 0. The van der Waals surface area contributed by atoms with Crippen molar-refractivity contribution in [2.45, 2.75) is 120 Å². The zero-order valence-corrected chi connectivity index (χ0v) is 35.0. The molecule has 0 aromatic rings. The Kier molecular flexibility index (Phi) is 26.2. The largest absolute Gasteiger partial charge is 0.481 e. The van der Waals surface area contributed by atoms with Crippen LogP contribution in [0.5, 0.6) is 0 Å². The molecule has 28 nitrogen and oxygen atoms in total. The smallest absolute Gasteiger partial charge is 0.326 e. The van der Waals surface area contributed by atoms with E-state index in [1.165, 1.54) is 0 Å². The summed E-state index contributed by atoms with van der Waals surface area (Å²) in [6, 6.07) is -11.3. The highest BCUT2D eigenvalue weighted by molar-refractivity contribution is 5.98. The first-order valence-corrected chi connectivity index (χ1v) is 19.6. The Hall–Kier alpha value is -6.84. The molecule has 0 aromatic heterocycles. The van der Waals surface area contributed by atoms with Gasteiger partial charge >= 0.3 is 17.9 Å². The predicted octanol–water partition coefficient (Wildman–Crippen LogP) is -6.94. The average molecular weight is 903 g/mol. The Morgan fingerprint density at radius 3 is 1.37 bits per heavy atom. The van der Waals surface area contributed by atoms with Crippen molar-refractivity contribution in [2.24, 2.45) is 50.3 Å². The van der Waals surface area contributed by atoms with Crippen molar-refractivity contribution in [3.63, 3.8) is 0 Å². The molecular weight excluding hydrogens is 840 g/mol. The zero-order chi connectivity index (χ0) is 48.4. The Morgan fingerprint density at radius 2 is 0.921 bits per heavy atom. The fourth-order valence-corrected chi connectivity index (χ4v) is 5.42. The molecule has 0 aliphatic heterocycles. The van der Waals surface area contributed by atoms with Crippen LogP contribution in [-0.2, 0) is 47.9 Å². The summed E-state index contributed by atoms with van der Waals surface area (Å²) in [6.07, 6.45) is -3.16. The third-order valence-corrected chi connectivity index (χ3v) is 8.62. The van der Waals surface area contributed by atoms with Gasteiger partial charge in [-0.15, -0.1) is 0 Å². The van der Waals surface area contributed by atoms with Crippen LogP contribution in [0.2, 0.25) is 0 Å². The van der Waals surface area contributed by atoms with E-state index in [1.54, 1.807) is 13.8 Å². The van der Waals surface area contributed by atoms with Crippen molar-refractivity contribution in [3.8, 4) is 0 Å². The van der Waals surface area contributed by atoms with Crippen LogP contribution in [0.15, 0.2) is 9.98 Å². The molecule has 0 rings (SSSR count). The van der Waals surface area contributed by atoms with Gasteiger partial charge in [-0.1, -0.05) is 13.8 Å². The van der Waals surface area contributed by atoms with Gasteiger partial charge in [0.2, 0.25) is 41.4 Å². The Morgan fingerprint density at radius 1 is 0.508 bits per heavy atom. The number of carboxylic acid groups (broad SMARTS) is 3. The molecule has 0 saturated carbocycles. The van der Waals surface area contributed by atoms with Crippen LogP contribution in [0.3, 0.4) is 0 Å². The standard InChI is InChI=1S/C35H62N14O14/c1-16(2)13-21(30(59)44-18(7-9-24(37)51)28(57)46-20(33(62)63)6-4-12-43-35(40)41)47-29(58)19(8-10-25(52)53)45-31(60)22(14-26(54)55)48-32(61)23(15-50)49-27(56)17(36)5-3-11-42-34(38)39/h16-23,50H,3-15,36H2,1-2H3,(H2,37,51)(H,44,59)(H,45,60)(H,46,57)(H,47,58)(H,48,61)(H,49,56)(H,52,53)(H,54,55)(H,62,63)(H4,38,39,42)(H4,40,41,43)/t17-,18-,19-,20-,21-,22-,23-/m0/s1. The van der Waals surface area contributed by atoms with Gasteiger partial charge in [-0.25, -0.2) is 4.79 Å². The van der Waals surface area contributed by atoms with Gasteiger partial charge in [0.05, 0.1) is 19.1 Å². The summed E-state index contributed by atoms with van der Waals surface area (Å²) in [6.45, 7) is 2.44. The van der Waals surface area contributed by atoms with Gasteiger partial charge in [0.25, 0.3) is 0 Å². The van der Waals surface area contributed by atoms with Gasteiger partial charge in [0, 0.05) is 25.9 Å². The molecule has 28 heteroatoms. The normalized spacial score (nSPS) is 14.1. The van der Waals surface area contributed by atoms with Crippen molar-refractivity contribution in [3.05, 3.63) is 0 Å². The number of guanidine groups is 2. The molecule has 7 atom stereocenters. The number of carbonyl (C=O) groups is 10. The molecule has 0 unspecified atom stereocenters. The van der Waals surface area contributed by atoms with Crippen molar-refractivity contribution >= 4 is 71.2 Å². The number of aliphatic hydroxyl groups excluding tert-OH is 1. The van der Waals surface area contributed by atoms with Gasteiger partial charge in [-0.2, -0.15) is 0 Å². The number of nitrogens with two attached hydrogens (primary N) is 6. The molecule has 0 aliphatic rings. The van der Waals surface area contributed by atoms with Gasteiger partial charge in [0.15, 0.2) is 11.9 Å². The number of carboxylic acids is 3.